The molecule has 6 heteroatoms. The van der Waals surface area contributed by atoms with E-state index >= 15 is 0 Å². The molecule has 1 unspecified atom stereocenters. The van der Waals surface area contributed by atoms with Crippen LogP contribution >= 0.6 is 0 Å². The zero-order valence-corrected chi connectivity index (χ0v) is 16.3. The highest BCUT2D eigenvalue weighted by Gasteiger charge is 2.45. The normalized spacial score (nSPS) is 18.7. The number of aliphatic hydroxyl groups excluding tert-OH is 1. The molecule has 1 aromatic carbocycles. The number of carbonyl (C=O) groups is 2. The van der Waals surface area contributed by atoms with E-state index in [2.05, 4.69) is 4.98 Å². The van der Waals surface area contributed by atoms with Crippen LogP contribution in [0.4, 0.5) is 0 Å². The first kappa shape index (κ1) is 19.6. The maximum atomic E-state index is 12.8. The first-order chi connectivity index (χ1) is 13.4. The van der Waals surface area contributed by atoms with Crippen LogP contribution in [0.1, 0.15) is 44.4 Å². The average molecular weight is 380 g/mol. The average Bonchev–Trinajstić information content (AvgIpc) is 2.93. The Balaban J connectivity index is 2.15. The molecule has 0 aliphatic carbocycles. The number of carbonyl (C=O) groups excluding carboxylic acids is 2. The van der Waals surface area contributed by atoms with E-state index in [0.29, 0.717) is 24.3 Å². The Morgan fingerprint density at radius 1 is 1.21 bits per heavy atom. The van der Waals surface area contributed by atoms with Gasteiger partial charge >= 0.3 is 0 Å². The zero-order chi connectivity index (χ0) is 20.3. The number of ketones is 1. The molecule has 1 aliphatic heterocycles. The van der Waals surface area contributed by atoms with Gasteiger partial charge in [-0.15, -0.1) is 0 Å². The van der Waals surface area contributed by atoms with Crippen molar-refractivity contribution in [2.75, 3.05) is 6.54 Å². The van der Waals surface area contributed by atoms with Crippen molar-refractivity contribution in [2.24, 2.45) is 0 Å². The lowest BCUT2D eigenvalue weighted by molar-refractivity contribution is -0.139. The molecule has 0 spiro atoms. The molecule has 0 bridgehead atoms. The zero-order valence-electron chi connectivity index (χ0n) is 16.3. The summed E-state index contributed by atoms with van der Waals surface area (Å²) in [4.78, 5) is 30.9. The molecule has 0 radical (unpaired) electrons. The topological polar surface area (TPSA) is 79.7 Å². The SMILES string of the molecule is CCCN1C(=O)C(=O)/C(=C(\O)c2ccncc2)C1c1cccc(OC(C)C)c1. The number of ether oxygens (including phenoxy) is 1. The van der Waals surface area contributed by atoms with E-state index in [4.69, 9.17) is 4.74 Å². The van der Waals surface area contributed by atoms with E-state index in [1.54, 1.807) is 12.1 Å². The van der Waals surface area contributed by atoms with Crippen LogP contribution in [-0.4, -0.2) is 39.3 Å². The van der Waals surface area contributed by atoms with E-state index in [0.717, 1.165) is 5.56 Å². The second-order valence-corrected chi connectivity index (χ2v) is 6.97. The van der Waals surface area contributed by atoms with Crippen LogP contribution in [-0.2, 0) is 9.59 Å². The summed E-state index contributed by atoms with van der Waals surface area (Å²) in [5, 5.41) is 10.9. The van der Waals surface area contributed by atoms with Gasteiger partial charge in [0.15, 0.2) is 0 Å². The Labute approximate surface area is 164 Å². The fourth-order valence-electron chi connectivity index (χ4n) is 3.39. The van der Waals surface area contributed by atoms with E-state index < -0.39 is 17.7 Å². The molecule has 1 saturated heterocycles. The van der Waals surface area contributed by atoms with E-state index in [9.17, 15) is 14.7 Å². The lowest BCUT2D eigenvalue weighted by atomic mass is 9.95. The van der Waals surface area contributed by atoms with Gasteiger partial charge in [0.25, 0.3) is 11.7 Å². The molecule has 28 heavy (non-hydrogen) atoms. The van der Waals surface area contributed by atoms with Gasteiger partial charge in [-0.3, -0.25) is 14.6 Å². The Hall–Kier alpha value is -3.15. The number of Topliss-reactive ketones (excluding diaryl/α,β-unsaturated/α-hetero) is 1. The number of pyridine rings is 1. The second-order valence-electron chi connectivity index (χ2n) is 6.97. The van der Waals surface area contributed by atoms with Gasteiger partial charge in [0.05, 0.1) is 17.7 Å². The molecule has 0 saturated carbocycles. The minimum absolute atomic E-state index is 0.00549. The third kappa shape index (κ3) is 3.76. The summed E-state index contributed by atoms with van der Waals surface area (Å²) in [6, 6.07) is 9.87. The van der Waals surface area contributed by atoms with Gasteiger partial charge in [0.2, 0.25) is 0 Å². The molecule has 3 rings (SSSR count). The molecule has 1 aromatic heterocycles. The van der Waals surface area contributed by atoms with Crippen LogP contribution in [0.5, 0.6) is 5.75 Å². The van der Waals surface area contributed by atoms with Crippen LogP contribution in [0.3, 0.4) is 0 Å². The molecule has 1 N–H and O–H groups in total. The Bertz CT molecular complexity index is 906. The first-order valence-electron chi connectivity index (χ1n) is 9.39. The van der Waals surface area contributed by atoms with Crippen LogP contribution in [0.25, 0.3) is 5.76 Å². The van der Waals surface area contributed by atoms with Gasteiger partial charge < -0.3 is 14.7 Å². The number of nitrogens with zero attached hydrogens (tertiary/aromatic N) is 2. The molecule has 146 valence electrons. The number of rotatable bonds is 6. The molecule has 6 nitrogen and oxygen atoms in total. The monoisotopic (exact) mass is 380 g/mol. The van der Waals surface area contributed by atoms with Gasteiger partial charge in [-0.1, -0.05) is 19.1 Å². The summed E-state index contributed by atoms with van der Waals surface area (Å²) < 4.78 is 5.77. The van der Waals surface area contributed by atoms with E-state index in [1.165, 1.54) is 17.3 Å². The quantitative estimate of drug-likeness (QED) is 0.470. The molecule has 1 fully saturated rings. The lowest BCUT2D eigenvalue weighted by Gasteiger charge is -2.25. The van der Waals surface area contributed by atoms with Crippen molar-refractivity contribution >= 4 is 17.4 Å². The summed E-state index contributed by atoms with van der Waals surface area (Å²) in [6.45, 7) is 6.22. The smallest absolute Gasteiger partial charge is 0.295 e. The van der Waals surface area contributed by atoms with Crippen molar-refractivity contribution in [3.8, 4) is 5.75 Å². The number of hydrogen-bond donors (Lipinski definition) is 1. The summed E-state index contributed by atoms with van der Waals surface area (Å²) in [6.07, 6.45) is 3.75. The van der Waals surface area contributed by atoms with Gasteiger partial charge in [0, 0.05) is 24.5 Å². The lowest BCUT2D eigenvalue weighted by Crippen LogP contribution is -2.30. The number of amides is 1. The summed E-state index contributed by atoms with van der Waals surface area (Å²) in [5.41, 5.74) is 1.26. The van der Waals surface area contributed by atoms with Crippen LogP contribution in [0, 0.1) is 0 Å². The molecule has 1 aliphatic rings. The number of likely N-dealkylation sites (tertiary alicyclic amines) is 1. The largest absolute Gasteiger partial charge is 0.507 e. The second kappa shape index (κ2) is 8.25. The van der Waals surface area contributed by atoms with Crippen LogP contribution in [0.15, 0.2) is 54.4 Å². The fraction of sp³-hybridized carbons (Fsp3) is 0.318. The first-order valence-corrected chi connectivity index (χ1v) is 9.39. The third-order valence-corrected chi connectivity index (χ3v) is 4.50. The fourth-order valence-corrected chi connectivity index (χ4v) is 3.39. The van der Waals surface area contributed by atoms with Crippen molar-refractivity contribution in [1.29, 1.82) is 0 Å². The molecular formula is C22H24N2O4. The van der Waals surface area contributed by atoms with Crippen molar-refractivity contribution in [1.82, 2.24) is 9.88 Å². The third-order valence-electron chi connectivity index (χ3n) is 4.50. The molecular weight excluding hydrogens is 356 g/mol. The van der Waals surface area contributed by atoms with Gasteiger partial charge in [-0.25, -0.2) is 0 Å². The molecule has 2 aromatic rings. The molecule has 2 heterocycles. The maximum Gasteiger partial charge on any atom is 0.295 e. The van der Waals surface area contributed by atoms with E-state index in [-0.39, 0.29) is 17.4 Å². The predicted octanol–water partition coefficient (Wildman–Crippen LogP) is 3.70. The minimum atomic E-state index is -0.678. The number of aliphatic hydroxyl groups is 1. The van der Waals surface area contributed by atoms with Crippen molar-refractivity contribution < 1.29 is 19.4 Å². The summed E-state index contributed by atoms with van der Waals surface area (Å²) in [5.74, 6) is -0.821. The van der Waals surface area contributed by atoms with Crippen molar-refractivity contribution in [3.05, 3.63) is 65.5 Å². The highest BCUT2D eigenvalue weighted by Crippen LogP contribution is 2.40. The highest BCUT2D eigenvalue weighted by molar-refractivity contribution is 6.46. The van der Waals surface area contributed by atoms with E-state index in [1.807, 2.05) is 45.0 Å². The van der Waals surface area contributed by atoms with Crippen molar-refractivity contribution in [2.45, 2.75) is 39.3 Å². The van der Waals surface area contributed by atoms with Crippen LogP contribution in [0.2, 0.25) is 0 Å². The van der Waals surface area contributed by atoms with Gasteiger partial charge in [-0.05, 0) is 50.1 Å². The van der Waals surface area contributed by atoms with Gasteiger partial charge in [0.1, 0.15) is 11.5 Å². The highest BCUT2D eigenvalue weighted by atomic mass is 16.5. The Morgan fingerprint density at radius 3 is 2.57 bits per heavy atom. The van der Waals surface area contributed by atoms with Crippen LogP contribution < -0.4 is 4.74 Å². The standard InChI is InChI=1S/C22H24N2O4/c1-4-12-24-19(16-6-5-7-17(13-16)28-14(2)3)18(21(26)22(24)27)20(25)15-8-10-23-11-9-15/h5-11,13-14,19,25H,4,12H2,1-3H3/b20-18-. The molecule has 1 atom stereocenters. The van der Waals surface area contributed by atoms with Gasteiger partial charge in [-0.2, -0.15) is 0 Å². The summed E-state index contributed by atoms with van der Waals surface area (Å²) in [7, 11) is 0. The number of aromatic nitrogens is 1. The summed E-state index contributed by atoms with van der Waals surface area (Å²) >= 11 is 0. The van der Waals surface area contributed by atoms with Crippen molar-refractivity contribution in [3.63, 3.8) is 0 Å². The molecule has 1 amide bonds. The Kier molecular flexibility index (Phi) is 5.78. The Morgan fingerprint density at radius 2 is 1.93 bits per heavy atom. The maximum absolute atomic E-state index is 12.8. The predicted molar refractivity (Wildman–Crippen MR) is 106 cm³/mol. The minimum Gasteiger partial charge on any atom is -0.507 e. The number of benzene rings is 1. The number of hydrogen-bond acceptors (Lipinski definition) is 5.